The van der Waals surface area contributed by atoms with Crippen LogP contribution in [0.2, 0.25) is 0 Å². The van der Waals surface area contributed by atoms with Crippen molar-refractivity contribution in [2.75, 3.05) is 6.61 Å². The molecule has 3 aromatic carbocycles. The summed E-state index contributed by atoms with van der Waals surface area (Å²) in [6, 6.07) is 25.0. The molecule has 3 N–H and O–H groups in total. The lowest BCUT2D eigenvalue weighted by atomic mass is 9.97. The van der Waals surface area contributed by atoms with Gasteiger partial charge in [0, 0.05) is 18.6 Å². The first-order valence-electron chi connectivity index (χ1n) is 8.81. The third-order valence-corrected chi connectivity index (χ3v) is 4.49. The monoisotopic (exact) mass is 331 g/mol. The third kappa shape index (κ3) is 5.02. The van der Waals surface area contributed by atoms with Gasteiger partial charge in [0.2, 0.25) is 0 Å². The lowest BCUT2D eigenvalue weighted by molar-refractivity contribution is 0.252. The predicted molar refractivity (Wildman–Crippen MR) is 105 cm³/mol. The first-order valence-corrected chi connectivity index (χ1v) is 8.81. The largest absolute Gasteiger partial charge is 0.396 e. The summed E-state index contributed by atoms with van der Waals surface area (Å²) in [5.41, 5.74) is 8.74. The minimum atomic E-state index is -0.0500. The van der Waals surface area contributed by atoms with E-state index in [0.29, 0.717) is 0 Å². The summed E-state index contributed by atoms with van der Waals surface area (Å²) in [4.78, 5) is 0. The summed E-state index contributed by atoms with van der Waals surface area (Å²) < 4.78 is 0. The van der Waals surface area contributed by atoms with Gasteiger partial charge in [-0.05, 0) is 34.7 Å². The Labute approximate surface area is 149 Å². The Hall–Kier alpha value is -2.42. The van der Waals surface area contributed by atoms with Crippen LogP contribution >= 0.6 is 0 Å². The van der Waals surface area contributed by atoms with Gasteiger partial charge in [0.1, 0.15) is 0 Å². The zero-order valence-electron chi connectivity index (χ0n) is 14.4. The van der Waals surface area contributed by atoms with E-state index in [1.807, 2.05) is 24.3 Å². The Morgan fingerprint density at radius 1 is 0.760 bits per heavy atom. The van der Waals surface area contributed by atoms with Crippen LogP contribution in [-0.4, -0.2) is 17.8 Å². The second kappa shape index (κ2) is 8.61. The normalized spacial score (nSPS) is 14.0. The SMILES string of the molecule is NC(/C=C/C(CO)Cc1ccccc1)Cc1ccc2ccccc2c1. The smallest absolute Gasteiger partial charge is 0.0497 e. The van der Waals surface area contributed by atoms with Crippen molar-refractivity contribution in [1.82, 2.24) is 0 Å². The fraction of sp³-hybridized carbons (Fsp3) is 0.217. The van der Waals surface area contributed by atoms with E-state index in [9.17, 15) is 5.11 Å². The van der Waals surface area contributed by atoms with Crippen LogP contribution in [0, 0.1) is 5.92 Å². The highest BCUT2D eigenvalue weighted by molar-refractivity contribution is 5.83. The molecule has 0 heterocycles. The molecule has 0 radical (unpaired) electrons. The highest BCUT2D eigenvalue weighted by Gasteiger charge is 2.07. The number of hydrogen-bond donors (Lipinski definition) is 2. The molecule has 2 nitrogen and oxygen atoms in total. The molecule has 0 aromatic heterocycles. The first-order chi connectivity index (χ1) is 12.2. The zero-order valence-corrected chi connectivity index (χ0v) is 14.4. The van der Waals surface area contributed by atoms with E-state index in [1.54, 1.807) is 0 Å². The summed E-state index contributed by atoms with van der Waals surface area (Å²) >= 11 is 0. The van der Waals surface area contributed by atoms with Gasteiger partial charge in [0.05, 0.1) is 0 Å². The van der Waals surface area contributed by atoms with Crippen molar-refractivity contribution in [1.29, 1.82) is 0 Å². The number of aliphatic hydroxyl groups excluding tert-OH is 1. The van der Waals surface area contributed by atoms with Gasteiger partial charge in [-0.1, -0.05) is 84.9 Å². The van der Waals surface area contributed by atoms with E-state index in [2.05, 4.69) is 60.7 Å². The fourth-order valence-corrected chi connectivity index (χ4v) is 3.12. The standard InChI is InChI=1S/C23H25NO/c24-23(13-11-20(17-25)14-18-6-2-1-3-7-18)16-19-10-12-21-8-4-5-9-22(21)15-19/h1-13,15,20,23,25H,14,16-17,24H2/b13-11+. The molecule has 0 amide bonds. The van der Waals surface area contributed by atoms with Crippen LogP contribution in [0.4, 0.5) is 0 Å². The van der Waals surface area contributed by atoms with Gasteiger partial charge < -0.3 is 10.8 Å². The van der Waals surface area contributed by atoms with E-state index < -0.39 is 0 Å². The van der Waals surface area contributed by atoms with Gasteiger partial charge in [-0.3, -0.25) is 0 Å². The summed E-state index contributed by atoms with van der Waals surface area (Å²) in [5.74, 6) is 0.102. The van der Waals surface area contributed by atoms with Gasteiger partial charge in [0.25, 0.3) is 0 Å². The van der Waals surface area contributed by atoms with Crippen molar-refractivity contribution in [2.45, 2.75) is 18.9 Å². The van der Waals surface area contributed by atoms with Crippen LogP contribution in [0.1, 0.15) is 11.1 Å². The topological polar surface area (TPSA) is 46.2 Å². The van der Waals surface area contributed by atoms with E-state index in [0.717, 1.165) is 12.8 Å². The molecule has 3 aromatic rings. The van der Waals surface area contributed by atoms with E-state index in [-0.39, 0.29) is 18.6 Å². The Kier molecular flexibility index (Phi) is 5.99. The molecule has 3 rings (SSSR count). The Morgan fingerprint density at radius 2 is 1.48 bits per heavy atom. The summed E-state index contributed by atoms with van der Waals surface area (Å²) in [5, 5.41) is 12.1. The quantitative estimate of drug-likeness (QED) is 0.640. The maximum Gasteiger partial charge on any atom is 0.0497 e. The Morgan fingerprint density at radius 3 is 2.24 bits per heavy atom. The molecule has 128 valence electrons. The van der Waals surface area contributed by atoms with Crippen molar-refractivity contribution in [3.63, 3.8) is 0 Å². The predicted octanol–water partition coefficient (Wildman–Crippen LogP) is 4.12. The van der Waals surface area contributed by atoms with Crippen LogP contribution in [-0.2, 0) is 12.8 Å². The molecule has 0 aliphatic heterocycles. The number of benzene rings is 3. The maximum atomic E-state index is 9.62. The molecule has 0 aliphatic rings. The first kappa shape index (κ1) is 17.4. The maximum absolute atomic E-state index is 9.62. The van der Waals surface area contributed by atoms with Gasteiger partial charge in [-0.15, -0.1) is 0 Å². The van der Waals surface area contributed by atoms with Crippen LogP contribution in [0.3, 0.4) is 0 Å². The molecular weight excluding hydrogens is 306 g/mol. The minimum absolute atomic E-state index is 0.0500. The van der Waals surface area contributed by atoms with Crippen molar-refractivity contribution in [3.05, 3.63) is 96.1 Å². The molecule has 25 heavy (non-hydrogen) atoms. The van der Waals surface area contributed by atoms with Crippen molar-refractivity contribution >= 4 is 10.8 Å². The molecule has 0 bridgehead atoms. The molecule has 0 fully saturated rings. The molecule has 0 aliphatic carbocycles. The van der Waals surface area contributed by atoms with E-state index in [4.69, 9.17) is 5.73 Å². The molecule has 0 saturated heterocycles. The third-order valence-electron chi connectivity index (χ3n) is 4.49. The lowest BCUT2D eigenvalue weighted by Gasteiger charge is -2.12. The van der Waals surface area contributed by atoms with Crippen LogP contribution in [0.5, 0.6) is 0 Å². The van der Waals surface area contributed by atoms with Gasteiger partial charge in [-0.25, -0.2) is 0 Å². The second-order valence-electron chi connectivity index (χ2n) is 6.57. The second-order valence-corrected chi connectivity index (χ2v) is 6.57. The Bertz CT molecular complexity index is 826. The molecule has 2 atom stereocenters. The van der Waals surface area contributed by atoms with Crippen molar-refractivity contribution < 1.29 is 5.11 Å². The Balaban J connectivity index is 1.61. The molecule has 0 saturated carbocycles. The average molecular weight is 331 g/mol. The summed E-state index contributed by atoms with van der Waals surface area (Å²) in [6.45, 7) is 0.133. The highest BCUT2D eigenvalue weighted by atomic mass is 16.3. The van der Waals surface area contributed by atoms with Crippen LogP contribution < -0.4 is 5.73 Å². The summed E-state index contributed by atoms with van der Waals surface area (Å²) in [7, 11) is 0. The molecular formula is C23H25NO. The zero-order chi connectivity index (χ0) is 17.5. The minimum Gasteiger partial charge on any atom is -0.396 e. The fourth-order valence-electron chi connectivity index (χ4n) is 3.12. The highest BCUT2D eigenvalue weighted by Crippen LogP contribution is 2.17. The van der Waals surface area contributed by atoms with Crippen molar-refractivity contribution in [2.24, 2.45) is 11.7 Å². The van der Waals surface area contributed by atoms with E-state index >= 15 is 0 Å². The van der Waals surface area contributed by atoms with Gasteiger partial charge >= 0.3 is 0 Å². The lowest BCUT2D eigenvalue weighted by Crippen LogP contribution is -2.20. The van der Waals surface area contributed by atoms with Crippen molar-refractivity contribution in [3.8, 4) is 0 Å². The number of nitrogens with two attached hydrogens (primary N) is 1. The van der Waals surface area contributed by atoms with Crippen LogP contribution in [0.15, 0.2) is 84.9 Å². The van der Waals surface area contributed by atoms with Crippen LogP contribution in [0.25, 0.3) is 10.8 Å². The molecule has 2 heteroatoms. The number of hydrogen-bond acceptors (Lipinski definition) is 2. The number of aliphatic hydroxyl groups is 1. The number of rotatable bonds is 7. The van der Waals surface area contributed by atoms with E-state index in [1.165, 1.54) is 21.9 Å². The average Bonchev–Trinajstić information content (AvgIpc) is 2.66. The van der Waals surface area contributed by atoms with Gasteiger partial charge in [-0.2, -0.15) is 0 Å². The number of fused-ring (bicyclic) bond motifs is 1. The molecule has 0 spiro atoms. The summed E-state index contributed by atoms with van der Waals surface area (Å²) in [6.07, 6.45) is 5.71. The van der Waals surface area contributed by atoms with Gasteiger partial charge in [0.15, 0.2) is 0 Å². The molecule has 2 unspecified atom stereocenters.